The van der Waals surface area contributed by atoms with E-state index in [2.05, 4.69) is 25.3 Å². The van der Waals surface area contributed by atoms with Crippen molar-refractivity contribution in [3.8, 4) is 5.75 Å². The van der Waals surface area contributed by atoms with Crippen LogP contribution in [0.25, 0.3) is 10.2 Å². The van der Waals surface area contributed by atoms with Gasteiger partial charge in [0.15, 0.2) is 10.3 Å². The van der Waals surface area contributed by atoms with Crippen LogP contribution in [0.3, 0.4) is 0 Å². The molecular weight excluding hydrogens is 453 g/mol. The number of rotatable bonds is 5. The second kappa shape index (κ2) is 8.32. The van der Waals surface area contributed by atoms with Crippen LogP contribution in [-0.2, 0) is 0 Å². The Bertz CT molecular complexity index is 1240. The predicted molar refractivity (Wildman–Crippen MR) is 111 cm³/mol. The van der Waals surface area contributed by atoms with Gasteiger partial charge in [-0.3, -0.25) is 20.2 Å². The molecule has 2 N–H and O–H groups in total. The average Bonchev–Trinajstić information content (AvgIpc) is 3.33. The molecule has 0 aliphatic carbocycles. The fraction of sp³-hybridized carbons (Fsp3) is 0.0526. The van der Waals surface area contributed by atoms with Crippen LogP contribution in [0.15, 0.2) is 53.9 Å². The minimum Gasteiger partial charge on any atom is -0.405 e. The highest BCUT2D eigenvalue weighted by molar-refractivity contribution is 7.22. The molecule has 2 aromatic heterocycles. The number of alkyl halides is 3. The van der Waals surface area contributed by atoms with Gasteiger partial charge in [0.25, 0.3) is 11.8 Å². The lowest BCUT2D eigenvalue weighted by Crippen LogP contribution is -2.21. The molecule has 2 aromatic carbocycles. The van der Waals surface area contributed by atoms with E-state index in [-0.39, 0.29) is 16.4 Å². The number of anilines is 2. The number of para-hydroxylation sites is 2. The Morgan fingerprint density at radius 2 is 1.61 bits per heavy atom. The van der Waals surface area contributed by atoms with E-state index in [4.69, 9.17) is 0 Å². The van der Waals surface area contributed by atoms with Gasteiger partial charge in [0.05, 0.1) is 15.8 Å². The van der Waals surface area contributed by atoms with E-state index >= 15 is 0 Å². The Morgan fingerprint density at radius 1 is 0.903 bits per heavy atom. The first kappa shape index (κ1) is 20.8. The van der Waals surface area contributed by atoms with Crippen LogP contribution in [0.5, 0.6) is 5.75 Å². The fourth-order valence-electron chi connectivity index (χ4n) is 2.55. The van der Waals surface area contributed by atoms with Crippen LogP contribution in [0.4, 0.5) is 23.4 Å². The van der Waals surface area contributed by atoms with Crippen LogP contribution in [0, 0.1) is 0 Å². The van der Waals surface area contributed by atoms with E-state index < -0.39 is 23.9 Å². The zero-order valence-corrected chi connectivity index (χ0v) is 16.9. The Balaban J connectivity index is 1.45. The van der Waals surface area contributed by atoms with E-state index in [9.17, 15) is 22.8 Å². The monoisotopic (exact) mass is 464 g/mol. The number of aromatic nitrogens is 2. The van der Waals surface area contributed by atoms with Crippen LogP contribution < -0.4 is 15.4 Å². The first-order valence-electron chi connectivity index (χ1n) is 8.57. The summed E-state index contributed by atoms with van der Waals surface area (Å²) in [6.07, 6.45) is -4.94. The molecule has 2 amide bonds. The molecule has 158 valence electrons. The summed E-state index contributed by atoms with van der Waals surface area (Å²) < 4.78 is 42.4. The average molecular weight is 464 g/mol. The molecule has 0 aliphatic rings. The standard InChI is InChI=1S/C19H11F3N4O3S2/c20-19(21,22)29-13-7-3-1-5-10(13)15(27)25-17-24-12(9-30-17)16(28)26-18-23-11-6-2-4-8-14(11)31-18/h1-9H,(H,23,26,28)(H,24,25,27). The number of thiazole rings is 2. The zero-order valence-electron chi connectivity index (χ0n) is 15.3. The van der Waals surface area contributed by atoms with Crippen LogP contribution in [0.1, 0.15) is 20.8 Å². The van der Waals surface area contributed by atoms with Crippen molar-refractivity contribution in [3.05, 3.63) is 65.2 Å². The summed E-state index contributed by atoms with van der Waals surface area (Å²) in [6.45, 7) is 0. The number of nitrogens with one attached hydrogen (secondary N) is 2. The Kier molecular flexibility index (Phi) is 5.57. The highest BCUT2D eigenvalue weighted by Crippen LogP contribution is 2.28. The highest BCUT2D eigenvalue weighted by atomic mass is 32.1. The molecule has 0 spiro atoms. The number of hydrogen-bond donors (Lipinski definition) is 2. The Morgan fingerprint density at radius 3 is 2.39 bits per heavy atom. The molecule has 4 aromatic rings. The van der Waals surface area contributed by atoms with Gasteiger partial charge in [-0.1, -0.05) is 35.6 Å². The number of benzene rings is 2. The van der Waals surface area contributed by atoms with E-state index in [1.165, 1.54) is 34.9 Å². The quantitative estimate of drug-likeness (QED) is 0.426. The number of amides is 2. The minimum absolute atomic E-state index is 0.0272. The summed E-state index contributed by atoms with van der Waals surface area (Å²) in [6, 6.07) is 12.3. The first-order valence-corrected chi connectivity index (χ1v) is 10.3. The van der Waals surface area contributed by atoms with Crippen molar-refractivity contribution >= 4 is 55.0 Å². The summed E-state index contributed by atoms with van der Waals surface area (Å²) in [5.41, 5.74) is 0.448. The van der Waals surface area contributed by atoms with Gasteiger partial charge in [0.2, 0.25) is 0 Å². The second-order valence-corrected chi connectivity index (χ2v) is 7.87. The third-order valence-corrected chi connectivity index (χ3v) is 5.54. The number of fused-ring (bicyclic) bond motifs is 1. The molecule has 0 bridgehead atoms. The van der Waals surface area contributed by atoms with Crippen molar-refractivity contribution in [1.82, 2.24) is 9.97 Å². The van der Waals surface area contributed by atoms with Gasteiger partial charge in [-0.25, -0.2) is 9.97 Å². The van der Waals surface area contributed by atoms with Crippen molar-refractivity contribution in [2.45, 2.75) is 6.36 Å². The van der Waals surface area contributed by atoms with E-state index in [0.29, 0.717) is 5.13 Å². The minimum atomic E-state index is -4.94. The number of halogens is 3. The van der Waals surface area contributed by atoms with Gasteiger partial charge < -0.3 is 4.74 Å². The molecule has 0 unspecified atom stereocenters. The number of ether oxygens (including phenoxy) is 1. The summed E-state index contributed by atoms with van der Waals surface area (Å²) in [5, 5.41) is 6.86. The number of carbonyl (C=O) groups is 2. The lowest BCUT2D eigenvalue weighted by molar-refractivity contribution is -0.274. The van der Waals surface area contributed by atoms with Gasteiger partial charge in [0, 0.05) is 5.38 Å². The third-order valence-electron chi connectivity index (χ3n) is 3.83. The largest absolute Gasteiger partial charge is 0.573 e. The Labute approximate surface area is 180 Å². The molecule has 0 atom stereocenters. The topological polar surface area (TPSA) is 93.2 Å². The summed E-state index contributed by atoms with van der Waals surface area (Å²) in [7, 11) is 0. The molecule has 0 fully saturated rings. The molecule has 0 radical (unpaired) electrons. The summed E-state index contributed by atoms with van der Waals surface area (Å²) in [5.74, 6) is -2.03. The Hall–Kier alpha value is -3.51. The van der Waals surface area contributed by atoms with Crippen molar-refractivity contribution in [3.63, 3.8) is 0 Å². The molecule has 0 saturated carbocycles. The lowest BCUT2D eigenvalue weighted by atomic mass is 10.2. The van der Waals surface area contributed by atoms with E-state index in [1.54, 1.807) is 0 Å². The molecule has 0 aliphatic heterocycles. The van der Waals surface area contributed by atoms with Gasteiger partial charge in [-0.15, -0.1) is 24.5 Å². The third kappa shape index (κ3) is 4.98. The second-order valence-electron chi connectivity index (χ2n) is 5.98. The maximum Gasteiger partial charge on any atom is 0.573 e. The van der Waals surface area contributed by atoms with Crippen LogP contribution >= 0.6 is 22.7 Å². The lowest BCUT2D eigenvalue weighted by Gasteiger charge is -2.12. The van der Waals surface area contributed by atoms with Crippen molar-refractivity contribution in [2.24, 2.45) is 0 Å². The molecule has 31 heavy (non-hydrogen) atoms. The SMILES string of the molecule is O=C(Nc1nc2ccccc2s1)c1csc(NC(=O)c2ccccc2OC(F)(F)F)n1. The van der Waals surface area contributed by atoms with Gasteiger partial charge in [-0.05, 0) is 24.3 Å². The van der Waals surface area contributed by atoms with Crippen molar-refractivity contribution < 1.29 is 27.5 Å². The molecule has 4 rings (SSSR count). The molecule has 7 nitrogen and oxygen atoms in total. The fourth-order valence-corrected chi connectivity index (χ4v) is 4.10. The number of carbonyl (C=O) groups excluding carboxylic acids is 2. The van der Waals surface area contributed by atoms with Crippen molar-refractivity contribution in [2.75, 3.05) is 10.6 Å². The van der Waals surface area contributed by atoms with Gasteiger partial charge >= 0.3 is 6.36 Å². The smallest absolute Gasteiger partial charge is 0.405 e. The number of hydrogen-bond acceptors (Lipinski definition) is 7. The maximum absolute atomic E-state index is 12.5. The normalized spacial score (nSPS) is 11.3. The highest BCUT2D eigenvalue weighted by Gasteiger charge is 2.33. The zero-order chi connectivity index (χ0) is 22.0. The first-order chi connectivity index (χ1) is 14.8. The van der Waals surface area contributed by atoms with Crippen LogP contribution in [0.2, 0.25) is 0 Å². The maximum atomic E-state index is 12.5. The van der Waals surface area contributed by atoms with Gasteiger partial charge in [-0.2, -0.15) is 0 Å². The molecular formula is C19H11F3N4O3S2. The number of nitrogens with zero attached hydrogens (tertiary/aromatic N) is 2. The molecule has 12 heteroatoms. The van der Waals surface area contributed by atoms with Crippen LogP contribution in [-0.4, -0.2) is 28.1 Å². The van der Waals surface area contributed by atoms with E-state index in [0.717, 1.165) is 27.6 Å². The summed E-state index contributed by atoms with van der Waals surface area (Å²) >= 11 is 2.25. The van der Waals surface area contributed by atoms with E-state index in [1.807, 2.05) is 24.3 Å². The molecule has 2 heterocycles. The predicted octanol–water partition coefficient (Wildman–Crippen LogP) is 5.16. The summed E-state index contributed by atoms with van der Waals surface area (Å²) in [4.78, 5) is 33.1. The molecule has 0 saturated heterocycles. The van der Waals surface area contributed by atoms with Crippen molar-refractivity contribution in [1.29, 1.82) is 0 Å². The van der Waals surface area contributed by atoms with Gasteiger partial charge in [0.1, 0.15) is 11.4 Å².